The Morgan fingerprint density at radius 2 is 2.12 bits per heavy atom. The molecule has 2 aromatic rings. The largest absolute Gasteiger partial charge is 0.454 e. The van der Waals surface area contributed by atoms with Gasteiger partial charge in [-0.1, -0.05) is 12.1 Å². The number of aromatic nitrogens is 1. The number of ether oxygens (including phenoxy) is 3. The van der Waals surface area contributed by atoms with Crippen molar-refractivity contribution in [1.82, 2.24) is 9.88 Å². The Balaban J connectivity index is 1.11. The third-order valence-corrected chi connectivity index (χ3v) is 6.83. The molecule has 0 unspecified atom stereocenters. The summed E-state index contributed by atoms with van der Waals surface area (Å²) in [6.45, 7) is 4.25. The molecule has 3 aliphatic rings. The maximum absolute atomic E-state index is 6.11. The normalized spacial score (nSPS) is 23.3. The van der Waals surface area contributed by atoms with Crippen molar-refractivity contribution in [2.75, 3.05) is 25.6 Å². The van der Waals surface area contributed by atoms with Gasteiger partial charge in [0.05, 0.1) is 12.7 Å². The molecule has 1 atom stereocenters. The van der Waals surface area contributed by atoms with Gasteiger partial charge in [-0.05, 0) is 35.7 Å². The van der Waals surface area contributed by atoms with Crippen molar-refractivity contribution in [3.63, 3.8) is 0 Å². The van der Waals surface area contributed by atoms with Gasteiger partial charge in [-0.3, -0.25) is 9.88 Å². The second-order valence-corrected chi connectivity index (χ2v) is 8.81. The first-order chi connectivity index (χ1) is 12.8. The van der Waals surface area contributed by atoms with E-state index < -0.39 is 0 Å². The van der Waals surface area contributed by atoms with Crippen molar-refractivity contribution in [1.29, 1.82) is 0 Å². The molecule has 3 aliphatic heterocycles. The Morgan fingerprint density at radius 1 is 1.19 bits per heavy atom. The lowest BCUT2D eigenvalue weighted by molar-refractivity contribution is 0.0263. The van der Waals surface area contributed by atoms with E-state index in [2.05, 4.69) is 39.8 Å². The van der Waals surface area contributed by atoms with Crippen molar-refractivity contribution in [2.45, 2.75) is 30.4 Å². The molecule has 1 aromatic carbocycles. The van der Waals surface area contributed by atoms with Crippen LogP contribution in [0.2, 0.25) is 0 Å². The Hall–Kier alpha value is -1.76. The second kappa shape index (κ2) is 6.76. The average Bonchev–Trinajstić information content (AvgIpc) is 3.27. The highest BCUT2D eigenvalue weighted by atomic mass is 32.2. The van der Waals surface area contributed by atoms with Crippen molar-refractivity contribution in [3.05, 3.63) is 53.9 Å². The van der Waals surface area contributed by atoms with E-state index in [-0.39, 0.29) is 0 Å². The molecule has 0 saturated carbocycles. The summed E-state index contributed by atoms with van der Waals surface area (Å²) in [4.78, 5) is 6.66. The van der Waals surface area contributed by atoms with Gasteiger partial charge in [0.1, 0.15) is 0 Å². The van der Waals surface area contributed by atoms with E-state index >= 15 is 0 Å². The van der Waals surface area contributed by atoms with Crippen LogP contribution in [0.3, 0.4) is 0 Å². The molecule has 2 saturated heterocycles. The van der Waals surface area contributed by atoms with Gasteiger partial charge in [0, 0.05) is 42.5 Å². The monoisotopic (exact) mass is 370 g/mol. The van der Waals surface area contributed by atoms with Gasteiger partial charge in [0.2, 0.25) is 6.79 Å². The first-order valence-corrected chi connectivity index (χ1v) is 10.0. The van der Waals surface area contributed by atoms with E-state index in [4.69, 9.17) is 14.2 Å². The number of fused-ring (bicyclic) bond motifs is 1. The lowest BCUT2D eigenvalue weighted by atomic mass is 9.92. The Kier molecular flexibility index (Phi) is 4.27. The minimum absolute atomic E-state index is 0.336. The van der Waals surface area contributed by atoms with Crippen LogP contribution in [0.1, 0.15) is 17.5 Å². The van der Waals surface area contributed by atoms with Crippen molar-refractivity contribution in [3.8, 4) is 11.5 Å². The molecule has 26 heavy (non-hydrogen) atoms. The van der Waals surface area contributed by atoms with Crippen molar-refractivity contribution >= 4 is 11.8 Å². The SMILES string of the molecule is c1cncc(CO[C@@H]2CSC3(C2)CN(Cc2ccc4c(c2)OCO4)C3)c1. The van der Waals surface area contributed by atoms with E-state index in [0.29, 0.717) is 24.3 Å². The van der Waals surface area contributed by atoms with Crippen molar-refractivity contribution < 1.29 is 14.2 Å². The highest BCUT2D eigenvalue weighted by Gasteiger charge is 2.49. The summed E-state index contributed by atoms with van der Waals surface area (Å²) in [6.07, 6.45) is 5.18. The molecule has 5 nitrogen and oxygen atoms in total. The first-order valence-electron chi connectivity index (χ1n) is 9.03. The molecule has 136 valence electrons. The van der Waals surface area contributed by atoms with Crippen LogP contribution < -0.4 is 9.47 Å². The summed E-state index contributed by atoms with van der Waals surface area (Å²) < 4.78 is 17.4. The van der Waals surface area contributed by atoms with Crippen LogP contribution >= 0.6 is 11.8 Å². The Morgan fingerprint density at radius 3 is 3.00 bits per heavy atom. The predicted molar refractivity (Wildman–Crippen MR) is 100 cm³/mol. The molecule has 1 spiro atoms. The van der Waals surface area contributed by atoms with Crippen LogP contribution in [0.5, 0.6) is 11.5 Å². The lowest BCUT2D eigenvalue weighted by Crippen LogP contribution is -2.58. The third kappa shape index (κ3) is 3.29. The molecule has 6 heteroatoms. The minimum atomic E-state index is 0.336. The maximum Gasteiger partial charge on any atom is 0.231 e. The predicted octanol–water partition coefficient (Wildman–Crippen LogP) is 3.09. The van der Waals surface area contributed by atoms with Crippen molar-refractivity contribution in [2.24, 2.45) is 0 Å². The summed E-state index contributed by atoms with van der Waals surface area (Å²) in [5.74, 6) is 2.82. The smallest absolute Gasteiger partial charge is 0.231 e. The van der Waals surface area contributed by atoms with Gasteiger partial charge in [0.25, 0.3) is 0 Å². The van der Waals surface area contributed by atoms with Gasteiger partial charge in [-0.25, -0.2) is 0 Å². The number of thioether (sulfide) groups is 1. The molecule has 0 amide bonds. The molecular weight excluding hydrogens is 348 g/mol. The first kappa shape index (κ1) is 16.4. The highest BCUT2D eigenvalue weighted by Crippen LogP contribution is 2.46. The van der Waals surface area contributed by atoms with Crippen LogP contribution in [-0.2, 0) is 17.9 Å². The van der Waals surface area contributed by atoms with E-state index in [1.807, 2.05) is 18.3 Å². The summed E-state index contributed by atoms with van der Waals surface area (Å²) >= 11 is 2.08. The molecule has 4 heterocycles. The number of hydrogen-bond acceptors (Lipinski definition) is 6. The molecule has 1 aromatic heterocycles. The van der Waals surface area contributed by atoms with E-state index in [1.165, 1.54) is 5.56 Å². The Labute approximate surface area is 157 Å². The molecule has 5 rings (SSSR count). The maximum atomic E-state index is 6.11. The summed E-state index contributed by atoms with van der Waals surface area (Å²) in [5.41, 5.74) is 2.44. The zero-order valence-corrected chi connectivity index (χ0v) is 15.4. The van der Waals surface area contributed by atoms with E-state index in [0.717, 1.165) is 48.9 Å². The third-order valence-electron chi connectivity index (χ3n) is 5.25. The zero-order valence-electron chi connectivity index (χ0n) is 14.6. The fourth-order valence-corrected chi connectivity index (χ4v) is 5.61. The number of nitrogens with zero attached hydrogens (tertiary/aromatic N) is 2. The topological polar surface area (TPSA) is 43.8 Å². The van der Waals surface area contributed by atoms with Gasteiger partial charge < -0.3 is 14.2 Å². The molecular formula is C20H22N2O3S. The highest BCUT2D eigenvalue weighted by molar-refractivity contribution is 8.01. The zero-order chi connectivity index (χ0) is 17.4. The summed E-state index contributed by atoms with van der Waals surface area (Å²) in [7, 11) is 0. The fourth-order valence-electron chi connectivity index (χ4n) is 4.01. The van der Waals surface area contributed by atoms with E-state index in [1.54, 1.807) is 6.20 Å². The molecule has 0 radical (unpaired) electrons. The molecule has 0 aliphatic carbocycles. The van der Waals surface area contributed by atoms with Crippen LogP contribution in [0.4, 0.5) is 0 Å². The van der Waals surface area contributed by atoms with Gasteiger partial charge >= 0.3 is 0 Å². The van der Waals surface area contributed by atoms with Crippen LogP contribution in [0, 0.1) is 0 Å². The van der Waals surface area contributed by atoms with Gasteiger partial charge in [0.15, 0.2) is 11.5 Å². The minimum Gasteiger partial charge on any atom is -0.454 e. The lowest BCUT2D eigenvalue weighted by Gasteiger charge is -2.47. The number of pyridine rings is 1. The number of hydrogen-bond donors (Lipinski definition) is 0. The number of benzene rings is 1. The average molecular weight is 370 g/mol. The fraction of sp³-hybridized carbons (Fsp3) is 0.450. The van der Waals surface area contributed by atoms with Gasteiger partial charge in [-0.2, -0.15) is 0 Å². The molecule has 0 N–H and O–H groups in total. The van der Waals surface area contributed by atoms with Crippen LogP contribution in [0.25, 0.3) is 0 Å². The van der Waals surface area contributed by atoms with E-state index in [9.17, 15) is 0 Å². The van der Waals surface area contributed by atoms with Crippen LogP contribution in [-0.4, -0.2) is 46.4 Å². The second-order valence-electron chi connectivity index (χ2n) is 7.33. The quantitative estimate of drug-likeness (QED) is 0.806. The molecule has 0 bridgehead atoms. The summed E-state index contributed by atoms with van der Waals surface area (Å²) in [5, 5.41) is 0. The number of likely N-dealkylation sites (tertiary alicyclic amines) is 1. The number of rotatable bonds is 5. The van der Waals surface area contributed by atoms with Gasteiger partial charge in [-0.15, -0.1) is 11.8 Å². The standard InChI is InChI=1S/C20H22N2O3S/c1-2-16(8-21-5-1)10-23-17-7-20(26-11-17)12-22(13-20)9-15-3-4-18-19(6-15)25-14-24-18/h1-6,8,17H,7,9-14H2/t17-/m0/s1. The summed E-state index contributed by atoms with van der Waals surface area (Å²) in [6, 6.07) is 10.3. The van der Waals surface area contributed by atoms with Crippen LogP contribution in [0.15, 0.2) is 42.7 Å². The Bertz CT molecular complexity index is 780. The molecule has 2 fully saturated rings.